The maximum absolute atomic E-state index is 12.4. The molecule has 0 spiro atoms. The number of benzene rings is 1. The second kappa shape index (κ2) is 6.27. The number of aromatic nitrogens is 2. The molecule has 9 heteroatoms. The fraction of sp³-hybridized carbons (Fsp3) is 0.231. The molecule has 0 fully saturated rings. The standard InChI is InChI=1S/C13H12ClF3N4O/c1-21(11-6-10(14)19-12(18)20-11)7-8-4-2-3-5-9(8)22-13(15,16)17/h2-6H,7H2,1H3,(H2,18,19,20). The van der Waals surface area contributed by atoms with Crippen molar-refractivity contribution in [1.82, 2.24) is 9.97 Å². The Labute approximate surface area is 129 Å². The Morgan fingerprint density at radius 3 is 2.59 bits per heavy atom. The first-order chi connectivity index (χ1) is 10.2. The molecule has 0 aliphatic heterocycles. The highest BCUT2D eigenvalue weighted by atomic mass is 35.5. The number of alkyl halides is 3. The van der Waals surface area contributed by atoms with Gasteiger partial charge in [0.05, 0.1) is 0 Å². The van der Waals surface area contributed by atoms with E-state index in [-0.39, 0.29) is 23.4 Å². The van der Waals surface area contributed by atoms with E-state index in [1.807, 2.05) is 0 Å². The molecule has 2 aromatic rings. The van der Waals surface area contributed by atoms with Crippen LogP contribution < -0.4 is 15.4 Å². The molecular weight excluding hydrogens is 321 g/mol. The van der Waals surface area contributed by atoms with Gasteiger partial charge in [0.2, 0.25) is 5.95 Å². The maximum atomic E-state index is 12.4. The van der Waals surface area contributed by atoms with E-state index >= 15 is 0 Å². The number of nitrogen functional groups attached to an aromatic ring is 1. The van der Waals surface area contributed by atoms with Crippen molar-refractivity contribution in [3.8, 4) is 5.75 Å². The molecular formula is C13H12ClF3N4O. The Morgan fingerprint density at radius 2 is 1.95 bits per heavy atom. The summed E-state index contributed by atoms with van der Waals surface area (Å²) in [5, 5.41) is 0.147. The summed E-state index contributed by atoms with van der Waals surface area (Å²) in [6, 6.07) is 7.32. The topological polar surface area (TPSA) is 64.3 Å². The molecule has 0 amide bonds. The van der Waals surface area contributed by atoms with Crippen LogP contribution in [0.15, 0.2) is 30.3 Å². The summed E-state index contributed by atoms with van der Waals surface area (Å²) in [6.07, 6.45) is -4.75. The van der Waals surface area contributed by atoms with E-state index in [0.29, 0.717) is 11.4 Å². The normalized spacial score (nSPS) is 11.3. The summed E-state index contributed by atoms with van der Waals surface area (Å²) in [5.41, 5.74) is 5.84. The SMILES string of the molecule is CN(Cc1ccccc1OC(F)(F)F)c1cc(Cl)nc(N)n1. The molecule has 0 radical (unpaired) electrons. The number of hydrogen-bond donors (Lipinski definition) is 1. The zero-order valence-electron chi connectivity index (χ0n) is 11.4. The number of rotatable bonds is 4. The van der Waals surface area contributed by atoms with E-state index in [1.54, 1.807) is 18.0 Å². The molecule has 2 N–H and O–H groups in total. The molecule has 2 rings (SSSR count). The third-order valence-electron chi connectivity index (χ3n) is 2.70. The molecule has 0 aliphatic carbocycles. The van der Waals surface area contributed by atoms with E-state index in [4.69, 9.17) is 17.3 Å². The molecule has 0 saturated carbocycles. The predicted molar refractivity (Wildman–Crippen MR) is 76.7 cm³/mol. The summed E-state index contributed by atoms with van der Waals surface area (Å²) in [6.45, 7) is 0.124. The van der Waals surface area contributed by atoms with Crippen LogP contribution in [0.3, 0.4) is 0 Å². The van der Waals surface area contributed by atoms with E-state index in [0.717, 1.165) is 0 Å². The lowest BCUT2D eigenvalue weighted by Gasteiger charge is -2.20. The highest BCUT2D eigenvalue weighted by Crippen LogP contribution is 2.28. The molecule has 118 valence electrons. The summed E-state index contributed by atoms with van der Waals surface area (Å²) in [5.74, 6) is 0.100. The minimum atomic E-state index is -4.75. The zero-order valence-corrected chi connectivity index (χ0v) is 12.2. The molecule has 0 aliphatic rings. The van der Waals surface area contributed by atoms with Gasteiger partial charge in [-0.3, -0.25) is 0 Å². The fourth-order valence-electron chi connectivity index (χ4n) is 1.81. The fourth-order valence-corrected chi connectivity index (χ4v) is 2.00. The van der Waals surface area contributed by atoms with E-state index in [1.165, 1.54) is 24.3 Å². The van der Waals surface area contributed by atoms with Crippen LogP contribution in [-0.4, -0.2) is 23.4 Å². The summed E-state index contributed by atoms with van der Waals surface area (Å²) >= 11 is 5.78. The number of nitrogens with zero attached hydrogens (tertiary/aromatic N) is 3. The Kier molecular flexibility index (Phi) is 4.60. The Balaban J connectivity index is 2.23. The van der Waals surface area contributed by atoms with Gasteiger partial charge in [0.15, 0.2) is 0 Å². The third kappa shape index (κ3) is 4.39. The lowest BCUT2D eigenvalue weighted by atomic mass is 10.2. The Bertz CT molecular complexity index is 646. The first-order valence-electron chi connectivity index (χ1n) is 6.09. The van der Waals surface area contributed by atoms with Crippen LogP contribution in [0.5, 0.6) is 5.75 Å². The van der Waals surface area contributed by atoms with Crippen LogP contribution in [0.2, 0.25) is 5.15 Å². The smallest absolute Gasteiger partial charge is 0.405 e. The maximum Gasteiger partial charge on any atom is 0.573 e. The molecule has 0 saturated heterocycles. The predicted octanol–water partition coefficient (Wildman–Crippen LogP) is 3.25. The molecule has 22 heavy (non-hydrogen) atoms. The average Bonchev–Trinajstić information content (AvgIpc) is 2.38. The van der Waals surface area contributed by atoms with Crippen molar-refractivity contribution >= 4 is 23.4 Å². The summed E-state index contributed by atoms with van der Waals surface area (Å²) in [7, 11) is 1.64. The van der Waals surface area contributed by atoms with Gasteiger partial charge in [0.1, 0.15) is 16.7 Å². The van der Waals surface area contributed by atoms with Crippen molar-refractivity contribution in [2.45, 2.75) is 12.9 Å². The van der Waals surface area contributed by atoms with Gasteiger partial charge in [0, 0.05) is 25.2 Å². The largest absolute Gasteiger partial charge is 0.573 e. The zero-order chi connectivity index (χ0) is 16.3. The molecule has 1 aromatic carbocycles. The highest BCUT2D eigenvalue weighted by Gasteiger charge is 2.32. The van der Waals surface area contributed by atoms with Gasteiger partial charge < -0.3 is 15.4 Å². The Morgan fingerprint density at radius 1 is 1.27 bits per heavy atom. The number of nitrogens with two attached hydrogens (primary N) is 1. The van der Waals surface area contributed by atoms with Crippen LogP contribution in [0.4, 0.5) is 24.9 Å². The molecule has 0 unspecified atom stereocenters. The minimum Gasteiger partial charge on any atom is -0.405 e. The van der Waals surface area contributed by atoms with Gasteiger partial charge in [-0.05, 0) is 6.07 Å². The van der Waals surface area contributed by atoms with Crippen LogP contribution in [0.25, 0.3) is 0 Å². The second-order valence-electron chi connectivity index (χ2n) is 4.42. The Hall–Kier alpha value is -2.22. The number of ether oxygens (including phenoxy) is 1. The number of anilines is 2. The van der Waals surface area contributed by atoms with E-state index < -0.39 is 6.36 Å². The van der Waals surface area contributed by atoms with Crippen molar-refractivity contribution in [3.63, 3.8) is 0 Å². The number of para-hydroxylation sites is 1. The van der Waals surface area contributed by atoms with Crippen molar-refractivity contribution in [2.75, 3.05) is 17.7 Å². The van der Waals surface area contributed by atoms with Gasteiger partial charge in [-0.2, -0.15) is 4.98 Å². The minimum absolute atomic E-state index is 0.0193. The van der Waals surface area contributed by atoms with E-state index in [2.05, 4.69) is 14.7 Å². The van der Waals surface area contributed by atoms with Crippen molar-refractivity contribution < 1.29 is 17.9 Å². The van der Waals surface area contributed by atoms with Crippen LogP contribution in [-0.2, 0) is 6.54 Å². The summed E-state index contributed by atoms with van der Waals surface area (Å²) < 4.78 is 41.2. The van der Waals surface area contributed by atoms with Crippen LogP contribution >= 0.6 is 11.6 Å². The van der Waals surface area contributed by atoms with Gasteiger partial charge in [-0.15, -0.1) is 13.2 Å². The van der Waals surface area contributed by atoms with Gasteiger partial charge in [-0.25, -0.2) is 4.98 Å². The lowest BCUT2D eigenvalue weighted by Crippen LogP contribution is -2.22. The lowest BCUT2D eigenvalue weighted by molar-refractivity contribution is -0.274. The van der Waals surface area contributed by atoms with Crippen LogP contribution in [0, 0.1) is 0 Å². The highest BCUT2D eigenvalue weighted by molar-refractivity contribution is 6.29. The third-order valence-corrected chi connectivity index (χ3v) is 2.89. The van der Waals surface area contributed by atoms with Crippen LogP contribution in [0.1, 0.15) is 5.56 Å². The number of halogens is 4. The molecule has 5 nitrogen and oxygen atoms in total. The molecule has 1 heterocycles. The van der Waals surface area contributed by atoms with Gasteiger partial charge in [0.25, 0.3) is 0 Å². The molecule has 0 bridgehead atoms. The summed E-state index contributed by atoms with van der Waals surface area (Å²) in [4.78, 5) is 9.29. The van der Waals surface area contributed by atoms with Crippen molar-refractivity contribution in [3.05, 3.63) is 41.0 Å². The monoisotopic (exact) mass is 332 g/mol. The second-order valence-corrected chi connectivity index (χ2v) is 4.81. The molecule has 0 atom stereocenters. The molecule has 1 aromatic heterocycles. The quantitative estimate of drug-likeness (QED) is 0.871. The van der Waals surface area contributed by atoms with Crippen molar-refractivity contribution in [1.29, 1.82) is 0 Å². The van der Waals surface area contributed by atoms with E-state index in [9.17, 15) is 13.2 Å². The average molecular weight is 333 g/mol. The first-order valence-corrected chi connectivity index (χ1v) is 6.47. The van der Waals surface area contributed by atoms with Gasteiger partial charge >= 0.3 is 6.36 Å². The number of hydrogen-bond acceptors (Lipinski definition) is 5. The van der Waals surface area contributed by atoms with Gasteiger partial charge in [-0.1, -0.05) is 29.8 Å². The first kappa shape index (κ1) is 16.2. The van der Waals surface area contributed by atoms with Crippen molar-refractivity contribution in [2.24, 2.45) is 0 Å².